The molecule has 2 rings (SSSR count). The summed E-state index contributed by atoms with van der Waals surface area (Å²) in [6, 6.07) is 3.99. The van der Waals surface area contributed by atoms with Gasteiger partial charge in [-0.05, 0) is 25.1 Å². The number of nitrogens with one attached hydrogen (secondary N) is 1. The fraction of sp³-hybridized carbons (Fsp3) is 0.200. The second kappa shape index (κ2) is 3.73. The van der Waals surface area contributed by atoms with Gasteiger partial charge in [0.1, 0.15) is 17.7 Å². The third kappa shape index (κ3) is 2.07. The summed E-state index contributed by atoms with van der Waals surface area (Å²) in [5, 5.41) is 2.60. The Balaban J connectivity index is 2.39. The van der Waals surface area contributed by atoms with Crippen LogP contribution in [0.2, 0.25) is 0 Å². The minimum Gasteiger partial charge on any atom is -0.309 e. The highest BCUT2D eigenvalue weighted by molar-refractivity contribution is 9.10. The topological polar surface area (TPSA) is 41.5 Å². The molecule has 1 heterocycles. The summed E-state index contributed by atoms with van der Waals surface area (Å²) in [5.74, 6) is -0.103. The first-order chi connectivity index (χ1) is 7.06. The lowest BCUT2D eigenvalue weighted by molar-refractivity contribution is -0.119. The molecule has 1 aromatic carbocycles. The highest BCUT2D eigenvalue weighted by Crippen LogP contribution is 2.16. The summed E-state index contributed by atoms with van der Waals surface area (Å²) >= 11 is 3.18. The minimum atomic E-state index is -0.401. The molecule has 1 aliphatic heterocycles. The lowest BCUT2D eigenvalue weighted by Crippen LogP contribution is -2.27. The van der Waals surface area contributed by atoms with Crippen molar-refractivity contribution >= 4 is 27.7 Å². The number of halogens is 2. The normalized spacial score (nSPS) is 20.1. The van der Waals surface area contributed by atoms with Gasteiger partial charge in [-0.3, -0.25) is 9.79 Å². The quantitative estimate of drug-likeness (QED) is 0.832. The number of carbonyl (C=O) groups is 1. The first-order valence-corrected chi connectivity index (χ1v) is 5.20. The lowest BCUT2D eigenvalue weighted by Gasteiger charge is -2.02. The minimum absolute atomic E-state index is 0.162. The number of benzene rings is 1. The van der Waals surface area contributed by atoms with Crippen molar-refractivity contribution < 1.29 is 9.18 Å². The van der Waals surface area contributed by atoms with E-state index in [1.54, 1.807) is 13.0 Å². The molecular formula is C10H8BrFN2O. The molecule has 0 aliphatic carbocycles. The number of amides is 1. The summed E-state index contributed by atoms with van der Waals surface area (Å²) in [7, 11) is 0. The van der Waals surface area contributed by atoms with Crippen molar-refractivity contribution in [2.45, 2.75) is 13.0 Å². The zero-order valence-electron chi connectivity index (χ0n) is 7.92. The maximum atomic E-state index is 13.1. The molecule has 0 saturated heterocycles. The van der Waals surface area contributed by atoms with Crippen LogP contribution >= 0.6 is 15.9 Å². The molecule has 1 atom stereocenters. The molecule has 15 heavy (non-hydrogen) atoms. The van der Waals surface area contributed by atoms with Crippen LogP contribution in [0.15, 0.2) is 27.7 Å². The van der Waals surface area contributed by atoms with Crippen LogP contribution in [0.25, 0.3) is 0 Å². The van der Waals surface area contributed by atoms with E-state index in [0.717, 1.165) is 0 Å². The van der Waals surface area contributed by atoms with E-state index in [1.807, 2.05) is 0 Å². The van der Waals surface area contributed by atoms with Gasteiger partial charge in [0.05, 0.1) is 0 Å². The number of carbonyl (C=O) groups excluding carboxylic acids is 1. The number of hydrogen-bond acceptors (Lipinski definition) is 2. The van der Waals surface area contributed by atoms with Crippen molar-refractivity contribution in [2.75, 3.05) is 0 Å². The Kier molecular flexibility index (Phi) is 2.56. The number of nitrogens with zero attached hydrogens (tertiary/aromatic N) is 1. The SMILES string of the molecule is CC1N=C(c2cc(F)cc(Br)c2)NC1=O. The Bertz CT molecular complexity index is 438. The van der Waals surface area contributed by atoms with E-state index in [4.69, 9.17) is 0 Å². The fourth-order valence-electron chi connectivity index (χ4n) is 1.34. The van der Waals surface area contributed by atoms with Gasteiger partial charge in [-0.15, -0.1) is 0 Å². The Hall–Kier alpha value is -1.23. The molecule has 0 bridgehead atoms. The maximum Gasteiger partial charge on any atom is 0.250 e. The summed E-state index contributed by atoms with van der Waals surface area (Å²) in [6.45, 7) is 1.69. The summed E-state index contributed by atoms with van der Waals surface area (Å²) in [4.78, 5) is 15.3. The van der Waals surface area contributed by atoms with E-state index in [1.165, 1.54) is 12.1 Å². The third-order valence-electron chi connectivity index (χ3n) is 2.08. The van der Waals surface area contributed by atoms with Gasteiger partial charge in [-0.2, -0.15) is 0 Å². The highest BCUT2D eigenvalue weighted by Gasteiger charge is 2.22. The Labute approximate surface area is 94.5 Å². The molecule has 0 fully saturated rings. The average molecular weight is 271 g/mol. The largest absolute Gasteiger partial charge is 0.309 e. The second-order valence-corrected chi connectivity index (χ2v) is 4.22. The molecule has 0 spiro atoms. The average Bonchev–Trinajstić information content (AvgIpc) is 2.45. The van der Waals surface area contributed by atoms with Crippen LogP contribution in [0.4, 0.5) is 4.39 Å². The van der Waals surface area contributed by atoms with Crippen LogP contribution in [0.3, 0.4) is 0 Å². The molecule has 0 radical (unpaired) electrons. The standard InChI is InChI=1S/C10H8BrFN2O/c1-5-10(15)14-9(13-5)6-2-7(11)4-8(12)3-6/h2-5H,1H3,(H,13,14,15). The lowest BCUT2D eigenvalue weighted by atomic mass is 10.2. The number of hydrogen-bond donors (Lipinski definition) is 1. The van der Waals surface area contributed by atoms with Gasteiger partial charge in [0, 0.05) is 10.0 Å². The Morgan fingerprint density at radius 3 is 2.73 bits per heavy atom. The number of aliphatic imine (C=N–C) groups is 1. The van der Waals surface area contributed by atoms with Gasteiger partial charge in [-0.1, -0.05) is 15.9 Å². The molecule has 78 valence electrons. The predicted molar refractivity (Wildman–Crippen MR) is 58.2 cm³/mol. The number of amidine groups is 1. The van der Waals surface area contributed by atoms with Gasteiger partial charge in [-0.25, -0.2) is 4.39 Å². The highest BCUT2D eigenvalue weighted by atomic mass is 79.9. The third-order valence-corrected chi connectivity index (χ3v) is 2.54. The van der Waals surface area contributed by atoms with Crippen LogP contribution in [-0.2, 0) is 4.79 Å². The molecule has 5 heteroatoms. The van der Waals surface area contributed by atoms with Crippen molar-refractivity contribution in [3.8, 4) is 0 Å². The summed E-state index contributed by atoms with van der Waals surface area (Å²) < 4.78 is 13.7. The van der Waals surface area contributed by atoms with E-state index < -0.39 is 6.04 Å². The van der Waals surface area contributed by atoms with Crippen LogP contribution in [-0.4, -0.2) is 17.8 Å². The Morgan fingerprint density at radius 1 is 1.47 bits per heavy atom. The van der Waals surface area contributed by atoms with Crippen LogP contribution < -0.4 is 5.32 Å². The van der Waals surface area contributed by atoms with E-state index >= 15 is 0 Å². The van der Waals surface area contributed by atoms with Gasteiger partial charge >= 0.3 is 0 Å². The molecular weight excluding hydrogens is 263 g/mol. The smallest absolute Gasteiger partial charge is 0.250 e. The number of rotatable bonds is 1. The first kappa shape index (κ1) is 10.3. The second-order valence-electron chi connectivity index (χ2n) is 3.30. The van der Waals surface area contributed by atoms with E-state index in [0.29, 0.717) is 15.9 Å². The van der Waals surface area contributed by atoms with E-state index in [2.05, 4.69) is 26.2 Å². The molecule has 1 unspecified atom stereocenters. The summed E-state index contributed by atoms with van der Waals surface area (Å²) in [5.41, 5.74) is 0.569. The van der Waals surface area contributed by atoms with Crippen molar-refractivity contribution in [1.29, 1.82) is 0 Å². The zero-order chi connectivity index (χ0) is 11.0. The van der Waals surface area contributed by atoms with Crippen molar-refractivity contribution in [2.24, 2.45) is 4.99 Å². The van der Waals surface area contributed by atoms with Crippen molar-refractivity contribution in [3.63, 3.8) is 0 Å². The molecule has 3 nitrogen and oxygen atoms in total. The van der Waals surface area contributed by atoms with Crippen LogP contribution in [0, 0.1) is 5.82 Å². The molecule has 0 aromatic heterocycles. The van der Waals surface area contributed by atoms with Gasteiger partial charge < -0.3 is 5.32 Å². The van der Waals surface area contributed by atoms with Crippen LogP contribution in [0.1, 0.15) is 12.5 Å². The molecule has 1 amide bonds. The first-order valence-electron chi connectivity index (χ1n) is 4.41. The molecule has 1 aromatic rings. The molecule has 1 aliphatic rings. The maximum absolute atomic E-state index is 13.1. The van der Waals surface area contributed by atoms with Crippen molar-refractivity contribution in [3.05, 3.63) is 34.1 Å². The monoisotopic (exact) mass is 270 g/mol. The van der Waals surface area contributed by atoms with E-state index in [-0.39, 0.29) is 11.7 Å². The van der Waals surface area contributed by atoms with E-state index in [9.17, 15) is 9.18 Å². The van der Waals surface area contributed by atoms with Crippen LogP contribution in [0.5, 0.6) is 0 Å². The fourth-order valence-corrected chi connectivity index (χ4v) is 1.81. The predicted octanol–water partition coefficient (Wildman–Crippen LogP) is 1.85. The van der Waals surface area contributed by atoms with Gasteiger partial charge in [0.2, 0.25) is 5.91 Å². The van der Waals surface area contributed by atoms with Gasteiger partial charge in [0.15, 0.2) is 0 Å². The van der Waals surface area contributed by atoms with Crippen molar-refractivity contribution in [1.82, 2.24) is 5.32 Å². The molecule has 1 N–H and O–H groups in total. The summed E-state index contributed by atoms with van der Waals surface area (Å²) in [6.07, 6.45) is 0. The van der Waals surface area contributed by atoms with Gasteiger partial charge in [0.25, 0.3) is 0 Å². The zero-order valence-corrected chi connectivity index (χ0v) is 9.51. The Morgan fingerprint density at radius 2 is 2.20 bits per heavy atom. The molecule has 0 saturated carbocycles.